The van der Waals surface area contributed by atoms with Crippen LogP contribution in [-0.4, -0.2) is 193 Å². The first-order valence-electron chi connectivity index (χ1n) is 28.3. The van der Waals surface area contributed by atoms with Crippen LogP contribution >= 0.6 is 0 Å². The first-order chi connectivity index (χ1) is 36.8. The Morgan fingerprint density at radius 1 is 1.00 bits per heavy atom. The third-order valence-electron chi connectivity index (χ3n) is 17.5. The van der Waals surface area contributed by atoms with E-state index in [0.29, 0.717) is 71.6 Å². The van der Waals surface area contributed by atoms with E-state index < -0.39 is 35.4 Å². The number of piperidine rings is 1. The molecule has 1 aromatic carbocycles. The van der Waals surface area contributed by atoms with E-state index in [1.54, 1.807) is 14.2 Å². The van der Waals surface area contributed by atoms with Crippen LogP contribution in [-0.2, 0) is 41.6 Å². The van der Waals surface area contributed by atoms with Crippen LogP contribution in [0.25, 0.3) is 27.7 Å². The van der Waals surface area contributed by atoms with Gasteiger partial charge in [-0.15, -0.1) is 0 Å². The number of rotatable bonds is 10. The van der Waals surface area contributed by atoms with E-state index in [4.69, 9.17) is 14.5 Å². The lowest BCUT2D eigenvalue weighted by molar-refractivity contribution is -0.155. The largest absolute Gasteiger partial charge is 0.464 e. The lowest BCUT2D eigenvalue weighted by Crippen LogP contribution is -2.64. The summed E-state index contributed by atoms with van der Waals surface area (Å²) in [5, 5.41) is 5.78. The molecule has 418 valence electrons. The molecule has 6 aliphatic heterocycles. The van der Waals surface area contributed by atoms with E-state index in [9.17, 15) is 24.0 Å². The molecule has 77 heavy (non-hydrogen) atoms. The average Bonchev–Trinajstić information content (AvgIpc) is 4.02. The molecule has 0 aliphatic carbocycles. The third kappa shape index (κ3) is 11.8. The van der Waals surface area contributed by atoms with Gasteiger partial charge in [0.2, 0.25) is 11.8 Å². The second kappa shape index (κ2) is 23.3. The number of nitrogens with zero attached hydrogens (tertiary/aromatic N) is 9. The van der Waals surface area contributed by atoms with Crippen molar-refractivity contribution in [3.8, 4) is 11.3 Å². The number of fused-ring (bicyclic) bond motifs is 6. The number of esters is 1. The van der Waals surface area contributed by atoms with Gasteiger partial charge >= 0.3 is 12.0 Å². The van der Waals surface area contributed by atoms with Gasteiger partial charge in [-0.25, -0.2) is 10.2 Å². The highest BCUT2D eigenvalue weighted by Gasteiger charge is 2.45. The summed E-state index contributed by atoms with van der Waals surface area (Å²) in [4.78, 5) is 88.1. The Hall–Kier alpha value is -5.82. The van der Waals surface area contributed by atoms with E-state index in [1.165, 1.54) is 16.0 Å². The number of ether oxygens (including phenoxy) is 2. The average molecular weight is 1060 g/mol. The Morgan fingerprint density at radius 2 is 1.73 bits per heavy atom. The van der Waals surface area contributed by atoms with Gasteiger partial charge in [0, 0.05) is 121 Å². The fourth-order valence-electron chi connectivity index (χ4n) is 12.9. The summed E-state index contributed by atoms with van der Waals surface area (Å²) >= 11 is 0. The molecule has 1 unspecified atom stereocenters. The number of hydrazine groups is 1. The van der Waals surface area contributed by atoms with Crippen molar-refractivity contribution in [1.29, 1.82) is 0 Å². The highest BCUT2D eigenvalue weighted by atomic mass is 16.5. The molecule has 8 heterocycles. The van der Waals surface area contributed by atoms with Crippen LogP contribution in [0.15, 0.2) is 49.2 Å². The minimum absolute atomic E-state index is 0.0339. The SMILES string of the molecule is C=CC(=O)N1CCC2(CCN(C(=O)N(C)[C@H](C(=O)N[C@H]3CN4CCC=C(C4)c4ccc5c(c4)c(c(-c4cc(N6CCN(C)CC6)cnc4[C@H](C)OC)n5CC)CC(C)(C)COC(=O)[C@@H]4CCCN(N4)C3=O)C(C)C)CC2)C1. The molecule has 18 nitrogen and oxygen atoms in total. The number of aromatic nitrogens is 2. The van der Waals surface area contributed by atoms with Crippen LogP contribution in [0.4, 0.5) is 10.5 Å². The number of anilines is 1. The number of piperazine rings is 1. The summed E-state index contributed by atoms with van der Waals surface area (Å²) in [6.07, 6.45) is 10.2. The number of methoxy groups -OCH3 is 1. The maximum atomic E-state index is 15.0. The van der Waals surface area contributed by atoms with Crippen molar-refractivity contribution in [1.82, 2.24) is 49.8 Å². The summed E-state index contributed by atoms with van der Waals surface area (Å²) in [6.45, 7) is 24.8. The van der Waals surface area contributed by atoms with Crippen LogP contribution in [0.2, 0.25) is 0 Å². The normalized spacial score (nSPS) is 24.1. The first kappa shape index (κ1) is 55.9. The van der Waals surface area contributed by atoms with Crippen LogP contribution in [0.5, 0.6) is 0 Å². The molecule has 0 radical (unpaired) electrons. The van der Waals surface area contributed by atoms with Gasteiger partial charge in [-0.3, -0.25) is 34.1 Å². The van der Waals surface area contributed by atoms with E-state index >= 15 is 0 Å². The second-order valence-electron chi connectivity index (χ2n) is 24.0. The minimum atomic E-state index is -1.00. The van der Waals surface area contributed by atoms with E-state index in [0.717, 1.165) is 102 Å². The molecule has 1 spiro atoms. The van der Waals surface area contributed by atoms with E-state index in [2.05, 4.69) is 102 Å². The predicted molar refractivity (Wildman–Crippen MR) is 300 cm³/mol. The van der Waals surface area contributed by atoms with Gasteiger partial charge < -0.3 is 43.9 Å². The van der Waals surface area contributed by atoms with Gasteiger partial charge in [-0.05, 0) is 118 Å². The van der Waals surface area contributed by atoms with Gasteiger partial charge in [0.05, 0.1) is 36.0 Å². The Balaban J connectivity index is 1.03. The minimum Gasteiger partial charge on any atom is -0.464 e. The van der Waals surface area contributed by atoms with Crippen molar-refractivity contribution < 1.29 is 33.4 Å². The molecule has 3 aromatic rings. The van der Waals surface area contributed by atoms with Crippen molar-refractivity contribution >= 4 is 51.9 Å². The number of urea groups is 1. The maximum absolute atomic E-state index is 15.0. The second-order valence-corrected chi connectivity index (χ2v) is 24.0. The number of hydrogen-bond acceptors (Lipinski definition) is 12. The number of likely N-dealkylation sites (tertiary alicyclic amines) is 2. The van der Waals surface area contributed by atoms with Crippen LogP contribution in [0.1, 0.15) is 103 Å². The third-order valence-corrected chi connectivity index (χ3v) is 17.5. The molecule has 6 aliphatic rings. The molecule has 18 heteroatoms. The summed E-state index contributed by atoms with van der Waals surface area (Å²) < 4.78 is 14.7. The Kier molecular flexibility index (Phi) is 16.9. The molecular formula is C59H85N11O7. The Labute approximate surface area is 456 Å². The van der Waals surface area contributed by atoms with Crippen LogP contribution < -0.4 is 15.6 Å². The number of hydrogen-bond donors (Lipinski definition) is 2. The number of amides is 5. The highest BCUT2D eigenvalue weighted by molar-refractivity contribution is 5.96. The molecule has 0 saturated carbocycles. The monoisotopic (exact) mass is 1060 g/mol. The molecule has 2 N–H and O–H groups in total. The van der Waals surface area contributed by atoms with Crippen molar-refractivity contribution in [3.63, 3.8) is 0 Å². The van der Waals surface area contributed by atoms with Crippen LogP contribution in [0, 0.1) is 16.7 Å². The van der Waals surface area contributed by atoms with Gasteiger partial charge in [0.15, 0.2) is 0 Å². The van der Waals surface area contributed by atoms with Gasteiger partial charge in [0.25, 0.3) is 5.91 Å². The quantitative estimate of drug-likeness (QED) is 0.181. The number of benzene rings is 1. The molecule has 9 rings (SSSR count). The summed E-state index contributed by atoms with van der Waals surface area (Å²) in [5.41, 5.74) is 11.2. The number of carbonyl (C=O) groups excluding carboxylic acids is 5. The van der Waals surface area contributed by atoms with E-state index in [1.807, 2.05) is 29.8 Å². The van der Waals surface area contributed by atoms with E-state index in [-0.39, 0.29) is 48.4 Å². The summed E-state index contributed by atoms with van der Waals surface area (Å²) in [7, 11) is 5.57. The van der Waals surface area contributed by atoms with Crippen molar-refractivity contribution in [2.75, 3.05) is 111 Å². The maximum Gasteiger partial charge on any atom is 0.324 e. The topological polar surface area (TPSA) is 168 Å². The number of carbonyl (C=O) groups is 5. The first-order valence-corrected chi connectivity index (χ1v) is 28.3. The fourth-order valence-corrected chi connectivity index (χ4v) is 12.9. The standard InChI is InChI=1S/C59H85N11O7/c1-11-50(71)68-26-21-59(37-68)19-24-67(25-20-59)57(75)64(9)52(39(3)4)54(72)61-48-36-65-22-13-15-42(35-65)41-17-18-49-44(31-41)46(33-58(6,7)38-77-56(74)47-16-14-23-70(62-47)55(48)73)53(69(49)12-2)45-32-43(34-60-51(45)40(5)76-10)66-29-27-63(8)28-30-66/h11,15,17-18,31-32,34,39-40,47-48,52,62H,1,12-14,16,19-30,33,35-38H2,2-10H3,(H,61,72)/t40-,47-,48-,52-/m0/s1. The molecule has 5 atom stereocenters. The molecule has 4 fully saturated rings. The zero-order valence-corrected chi connectivity index (χ0v) is 47.4. The van der Waals surface area contributed by atoms with Crippen molar-refractivity contribution in [2.45, 2.75) is 117 Å². The molecule has 2 aromatic heterocycles. The highest BCUT2D eigenvalue weighted by Crippen LogP contribution is 2.44. The zero-order chi connectivity index (χ0) is 54.9. The number of cyclic esters (lactones) is 1. The summed E-state index contributed by atoms with van der Waals surface area (Å²) in [5.74, 6) is -1.53. The molecule has 6 bridgehead atoms. The van der Waals surface area contributed by atoms with Gasteiger partial charge in [0.1, 0.15) is 18.1 Å². The van der Waals surface area contributed by atoms with Crippen molar-refractivity contribution in [2.24, 2.45) is 16.7 Å². The molecule has 4 saturated heterocycles. The Bertz CT molecular complexity index is 2740. The molecule has 5 amide bonds. The smallest absolute Gasteiger partial charge is 0.324 e. The van der Waals surface area contributed by atoms with Crippen LogP contribution in [0.3, 0.4) is 0 Å². The van der Waals surface area contributed by atoms with Gasteiger partial charge in [-0.1, -0.05) is 46.4 Å². The number of aryl methyl sites for hydroxylation is 1. The van der Waals surface area contributed by atoms with Gasteiger partial charge in [-0.2, -0.15) is 0 Å². The lowest BCUT2D eigenvalue weighted by Gasteiger charge is -2.42. The van der Waals surface area contributed by atoms with Crippen molar-refractivity contribution in [3.05, 3.63) is 66.0 Å². The zero-order valence-electron chi connectivity index (χ0n) is 47.4. The number of likely N-dealkylation sites (N-methyl/N-ethyl adjacent to an activating group) is 2. The summed E-state index contributed by atoms with van der Waals surface area (Å²) in [6, 6.07) is 6.18. The molecular weight excluding hydrogens is 975 g/mol. The Morgan fingerprint density at radius 3 is 2.42 bits per heavy atom. The lowest BCUT2D eigenvalue weighted by atomic mass is 9.78. The number of nitrogens with one attached hydrogen (secondary N) is 2. The predicted octanol–water partition coefficient (Wildman–Crippen LogP) is 5.95. The number of pyridine rings is 1. The fraction of sp³-hybridized carbons (Fsp3) is 0.627.